The van der Waals surface area contributed by atoms with E-state index in [0.29, 0.717) is 17.7 Å². The molecule has 0 bridgehead atoms. The van der Waals surface area contributed by atoms with Crippen LogP contribution in [0.2, 0.25) is 0 Å². The first-order valence-corrected chi connectivity index (χ1v) is 14.4. The van der Waals surface area contributed by atoms with E-state index < -0.39 is 21.4 Å². The summed E-state index contributed by atoms with van der Waals surface area (Å²) >= 11 is 0. The molecule has 5 heteroatoms. The zero-order valence-electron chi connectivity index (χ0n) is 20.5. The van der Waals surface area contributed by atoms with Gasteiger partial charge in [-0.25, -0.2) is 8.42 Å². The highest BCUT2D eigenvalue weighted by Gasteiger charge is 2.48. The summed E-state index contributed by atoms with van der Waals surface area (Å²) in [6, 6.07) is 15.5. The first-order valence-electron chi connectivity index (χ1n) is 12.7. The number of rotatable bonds is 11. The third-order valence-electron chi connectivity index (χ3n) is 7.35. The topological polar surface area (TPSA) is 66.4 Å². The standard InChI is InChI=1S/C28H41NO3S/c1-4-7-9-13-19-29-23-16-17-25-24(20-23)26(22-14-11-10-12-15-22)27(30)28(6-3,18-8-5-2)21-33(25,31)32/h10-12,14-17,20,26-27,29-30H,4-9,13,18-19,21H2,1-3H3/t26-,27?,28+/m0/s1. The summed E-state index contributed by atoms with van der Waals surface area (Å²) in [5.74, 6) is -0.380. The minimum absolute atomic E-state index is 0.00219. The Bertz CT molecular complexity index is 989. The molecule has 4 nitrogen and oxygen atoms in total. The normalized spacial score (nSPS) is 24.1. The van der Waals surface area contributed by atoms with Crippen molar-refractivity contribution in [3.05, 3.63) is 59.7 Å². The Balaban J connectivity index is 2.08. The minimum atomic E-state index is -3.54. The highest BCUT2D eigenvalue weighted by atomic mass is 32.2. The van der Waals surface area contributed by atoms with Crippen LogP contribution in [0.15, 0.2) is 53.4 Å². The van der Waals surface area contributed by atoms with E-state index >= 15 is 0 Å². The molecule has 0 saturated heterocycles. The van der Waals surface area contributed by atoms with Crippen molar-refractivity contribution in [2.24, 2.45) is 5.41 Å². The van der Waals surface area contributed by atoms with Crippen LogP contribution in [-0.2, 0) is 9.84 Å². The van der Waals surface area contributed by atoms with Crippen LogP contribution in [0.25, 0.3) is 0 Å². The molecule has 0 spiro atoms. The summed E-state index contributed by atoms with van der Waals surface area (Å²) in [5, 5.41) is 15.4. The molecular weight excluding hydrogens is 430 g/mol. The van der Waals surface area contributed by atoms with Gasteiger partial charge in [-0.15, -0.1) is 0 Å². The van der Waals surface area contributed by atoms with Crippen molar-refractivity contribution >= 4 is 15.5 Å². The maximum Gasteiger partial charge on any atom is 0.179 e. The Morgan fingerprint density at radius 3 is 2.36 bits per heavy atom. The van der Waals surface area contributed by atoms with Crippen LogP contribution in [0.3, 0.4) is 0 Å². The molecule has 2 aromatic carbocycles. The van der Waals surface area contributed by atoms with Crippen molar-refractivity contribution < 1.29 is 13.5 Å². The summed E-state index contributed by atoms with van der Waals surface area (Å²) < 4.78 is 27.3. The van der Waals surface area contributed by atoms with Crippen molar-refractivity contribution in [2.45, 2.75) is 89.1 Å². The molecule has 0 radical (unpaired) electrons. The van der Waals surface area contributed by atoms with E-state index in [2.05, 4.69) is 19.2 Å². The lowest BCUT2D eigenvalue weighted by atomic mass is 9.69. The molecule has 1 unspecified atom stereocenters. The van der Waals surface area contributed by atoms with Gasteiger partial charge in [0.15, 0.2) is 9.84 Å². The molecule has 33 heavy (non-hydrogen) atoms. The molecule has 0 amide bonds. The maximum atomic E-state index is 13.7. The van der Waals surface area contributed by atoms with Crippen molar-refractivity contribution in [3.8, 4) is 0 Å². The highest BCUT2D eigenvalue weighted by Crippen LogP contribution is 2.49. The molecule has 0 aromatic heterocycles. The Hall–Kier alpha value is -1.85. The maximum absolute atomic E-state index is 13.7. The van der Waals surface area contributed by atoms with E-state index in [1.165, 1.54) is 19.3 Å². The zero-order valence-corrected chi connectivity index (χ0v) is 21.3. The number of unbranched alkanes of at least 4 members (excludes halogenated alkanes) is 4. The van der Waals surface area contributed by atoms with E-state index in [4.69, 9.17) is 0 Å². The number of hydrogen-bond acceptors (Lipinski definition) is 4. The average molecular weight is 472 g/mol. The average Bonchev–Trinajstić information content (AvgIpc) is 2.89. The van der Waals surface area contributed by atoms with Gasteiger partial charge in [-0.05, 0) is 48.6 Å². The number of fused-ring (bicyclic) bond motifs is 1. The van der Waals surface area contributed by atoms with Crippen molar-refractivity contribution in [1.82, 2.24) is 0 Å². The molecular formula is C28H41NO3S. The van der Waals surface area contributed by atoms with Crippen LogP contribution >= 0.6 is 0 Å². The molecule has 3 rings (SSSR count). The van der Waals surface area contributed by atoms with Gasteiger partial charge in [0.2, 0.25) is 0 Å². The second kappa shape index (κ2) is 11.5. The third-order valence-corrected chi connectivity index (χ3v) is 9.35. The van der Waals surface area contributed by atoms with Crippen molar-refractivity contribution in [2.75, 3.05) is 17.6 Å². The van der Waals surface area contributed by atoms with Crippen LogP contribution in [-0.4, -0.2) is 31.9 Å². The number of anilines is 1. The minimum Gasteiger partial charge on any atom is -0.392 e. The van der Waals surface area contributed by atoms with Gasteiger partial charge in [0.05, 0.1) is 16.8 Å². The fourth-order valence-electron chi connectivity index (χ4n) is 5.29. The SMILES string of the molecule is CCCCCCNc1ccc2c(c1)[C@H](c1ccccc1)C(O)[C@](CC)(CCCC)CS2(=O)=O. The Labute approximate surface area is 200 Å². The predicted octanol–water partition coefficient (Wildman–Crippen LogP) is 6.55. The lowest BCUT2D eigenvalue weighted by molar-refractivity contribution is 0.0174. The molecule has 1 aliphatic heterocycles. The van der Waals surface area contributed by atoms with Crippen molar-refractivity contribution in [1.29, 1.82) is 0 Å². The van der Waals surface area contributed by atoms with Crippen LogP contribution < -0.4 is 5.32 Å². The summed E-state index contributed by atoms with van der Waals surface area (Å²) in [5.41, 5.74) is 1.95. The number of sulfone groups is 1. The number of nitrogens with one attached hydrogen (secondary N) is 1. The smallest absolute Gasteiger partial charge is 0.179 e. The van der Waals surface area contributed by atoms with Gasteiger partial charge in [-0.3, -0.25) is 0 Å². The van der Waals surface area contributed by atoms with Crippen LogP contribution in [0.5, 0.6) is 0 Å². The van der Waals surface area contributed by atoms with E-state index in [1.807, 2.05) is 49.4 Å². The van der Waals surface area contributed by atoms with Crippen LogP contribution in [0.4, 0.5) is 5.69 Å². The Morgan fingerprint density at radius 1 is 0.970 bits per heavy atom. The van der Waals surface area contributed by atoms with Gasteiger partial charge in [-0.2, -0.15) is 0 Å². The zero-order chi connectivity index (χ0) is 23.9. The van der Waals surface area contributed by atoms with Gasteiger partial charge in [0.1, 0.15) is 0 Å². The summed E-state index contributed by atoms with van der Waals surface area (Å²) in [4.78, 5) is 0.374. The molecule has 0 fully saturated rings. The highest BCUT2D eigenvalue weighted by molar-refractivity contribution is 7.91. The first-order chi connectivity index (χ1) is 15.9. The van der Waals surface area contributed by atoms with Crippen LogP contribution in [0, 0.1) is 5.41 Å². The van der Waals surface area contributed by atoms with E-state index in [9.17, 15) is 13.5 Å². The lowest BCUT2D eigenvalue weighted by Gasteiger charge is -2.39. The molecule has 2 N–H and O–H groups in total. The number of aliphatic hydroxyl groups excluding tert-OH is 1. The molecule has 3 atom stereocenters. The largest absolute Gasteiger partial charge is 0.392 e. The fraction of sp³-hybridized carbons (Fsp3) is 0.571. The second-order valence-electron chi connectivity index (χ2n) is 9.65. The Kier molecular flexibility index (Phi) is 9.00. The summed E-state index contributed by atoms with van der Waals surface area (Å²) in [6.07, 6.45) is 7.15. The van der Waals surface area contributed by atoms with Crippen LogP contribution in [0.1, 0.15) is 89.2 Å². The van der Waals surface area contributed by atoms with E-state index in [1.54, 1.807) is 6.07 Å². The molecule has 0 aliphatic carbocycles. The first kappa shape index (κ1) is 25.8. The molecule has 2 aromatic rings. The van der Waals surface area contributed by atoms with Crippen molar-refractivity contribution in [3.63, 3.8) is 0 Å². The van der Waals surface area contributed by atoms with Gasteiger partial charge in [0, 0.05) is 23.6 Å². The number of benzene rings is 2. The van der Waals surface area contributed by atoms with E-state index in [0.717, 1.165) is 42.6 Å². The van der Waals surface area contributed by atoms with E-state index in [-0.39, 0.29) is 11.7 Å². The third kappa shape index (κ3) is 5.81. The monoisotopic (exact) mass is 471 g/mol. The summed E-state index contributed by atoms with van der Waals surface area (Å²) in [6.45, 7) is 7.20. The molecule has 182 valence electrons. The molecule has 1 heterocycles. The molecule has 0 saturated carbocycles. The number of hydrogen-bond donors (Lipinski definition) is 2. The second-order valence-corrected chi connectivity index (χ2v) is 11.6. The predicted molar refractivity (Wildman–Crippen MR) is 138 cm³/mol. The molecule has 1 aliphatic rings. The Morgan fingerprint density at radius 2 is 1.70 bits per heavy atom. The lowest BCUT2D eigenvalue weighted by Crippen LogP contribution is -2.42. The van der Waals surface area contributed by atoms with Gasteiger partial charge >= 0.3 is 0 Å². The summed E-state index contributed by atoms with van der Waals surface area (Å²) in [7, 11) is -3.54. The quantitative estimate of drug-likeness (QED) is 0.365. The fourth-order valence-corrected chi connectivity index (χ4v) is 7.55. The van der Waals surface area contributed by atoms with Gasteiger partial charge < -0.3 is 10.4 Å². The van der Waals surface area contributed by atoms with Gasteiger partial charge in [-0.1, -0.05) is 83.2 Å². The van der Waals surface area contributed by atoms with Gasteiger partial charge in [0.25, 0.3) is 0 Å². The number of aliphatic hydroxyl groups is 1.